The molecule has 0 amide bonds. The molecule has 1 aromatic carbocycles. The summed E-state index contributed by atoms with van der Waals surface area (Å²) < 4.78 is 0. The number of anilines is 2. The van der Waals surface area contributed by atoms with Crippen LogP contribution in [0.15, 0.2) is 42.6 Å². The summed E-state index contributed by atoms with van der Waals surface area (Å²) in [6.07, 6.45) is 2.70. The van der Waals surface area contributed by atoms with Gasteiger partial charge in [-0.25, -0.2) is 4.98 Å². The number of hydrogen-bond donors (Lipinski definition) is 0. The molecule has 0 spiro atoms. The van der Waals surface area contributed by atoms with Crippen molar-refractivity contribution < 1.29 is 4.79 Å². The van der Waals surface area contributed by atoms with Gasteiger partial charge in [-0.3, -0.25) is 4.79 Å². The normalized spacial score (nSPS) is 13.5. The molecular weight excluding hydrogens is 224 g/mol. The number of fused-ring (bicyclic) bond motifs is 1. The summed E-state index contributed by atoms with van der Waals surface area (Å²) in [5.41, 5.74) is 3.24. The number of ketones is 1. The molecule has 1 aromatic heterocycles. The van der Waals surface area contributed by atoms with Crippen LogP contribution in [-0.4, -0.2) is 17.3 Å². The van der Waals surface area contributed by atoms with Gasteiger partial charge in [0.2, 0.25) is 0 Å². The summed E-state index contributed by atoms with van der Waals surface area (Å²) in [7, 11) is 0. The van der Waals surface area contributed by atoms with Gasteiger partial charge in [0.15, 0.2) is 5.78 Å². The zero-order valence-corrected chi connectivity index (χ0v) is 10.3. The Hall–Kier alpha value is -2.16. The average molecular weight is 238 g/mol. The Labute approximate surface area is 106 Å². The first-order valence-electron chi connectivity index (χ1n) is 6.08. The number of rotatable bonds is 2. The van der Waals surface area contributed by atoms with Crippen molar-refractivity contribution in [2.24, 2.45) is 0 Å². The molecule has 90 valence electrons. The first-order chi connectivity index (χ1) is 8.75. The molecule has 3 nitrogen and oxygen atoms in total. The molecule has 2 heterocycles. The van der Waals surface area contributed by atoms with E-state index in [1.165, 1.54) is 11.3 Å². The lowest BCUT2D eigenvalue weighted by Crippen LogP contribution is -2.14. The fraction of sp³-hybridized carbons (Fsp3) is 0.200. The molecule has 18 heavy (non-hydrogen) atoms. The number of carbonyl (C=O) groups is 1. The lowest BCUT2D eigenvalue weighted by Gasteiger charge is -2.18. The van der Waals surface area contributed by atoms with E-state index >= 15 is 0 Å². The molecule has 0 fully saturated rings. The van der Waals surface area contributed by atoms with E-state index in [-0.39, 0.29) is 5.78 Å². The maximum atomic E-state index is 11.2. The Kier molecular flexibility index (Phi) is 2.59. The van der Waals surface area contributed by atoms with Gasteiger partial charge >= 0.3 is 0 Å². The van der Waals surface area contributed by atoms with Gasteiger partial charge in [-0.05, 0) is 37.1 Å². The molecule has 3 heteroatoms. The molecule has 0 saturated carbocycles. The second-order valence-electron chi connectivity index (χ2n) is 4.49. The van der Waals surface area contributed by atoms with Crippen molar-refractivity contribution in [2.45, 2.75) is 13.3 Å². The van der Waals surface area contributed by atoms with Gasteiger partial charge in [0.1, 0.15) is 5.82 Å². The van der Waals surface area contributed by atoms with E-state index in [2.05, 4.69) is 28.1 Å². The van der Waals surface area contributed by atoms with Crippen LogP contribution in [0.1, 0.15) is 22.8 Å². The highest BCUT2D eigenvalue weighted by Gasteiger charge is 2.20. The molecule has 2 aromatic rings. The Balaban J connectivity index is 1.95. The maximum Gasteiger partial charge on any atom is 0.161 e. The summed E-state index contributed by atoms with van der Waals surface area (Å²) in [6, 6.07) is 12.1. The Morgan fingerprint density at radius 1 is 1.22 bits per heavy atom. The Bertz CT molecular complexity index is 590. The highest BCUT2D eigenvalue weighted by Crippen LogP contribution is 2.32. The molecule has 0 radical (unpaired) electrons. The lowest BCUT2D eigenvalue weighted by atomic mass is 10.2. The second kappa shape index (κ2) is 4.26. The van der Waals surface area contributed by atoms with Crippen molar-refractivity contribution in [2.75, 3.05) is 11.4 Å². The van der Waals surface area contributed by atoms with Gasteiger partial charge in [0, 0.05) is 24.0 Å². The van der Waals surface area contributed by atoms with E-state index in [4.69, 9.17) is 0 Å². The number of benzene rings is 1. The van der Waals surface area contributed by atoms with Gasteiger partial charge in [0.25, 0.3) is 0 Å². The van der Waals surface area contributed by atoms with Crippen LogP contribution in [0.2, 0.25) is 0 Å². The van der Waals surface area contributed by atoms with Crippen molar-refractivity contribution in [3.63, 3.8) is 0 Å². The third kappa shape index (κ3) is 1.78. The number of pyridine rings is 1. The molecular formula is C15H14N2O. The number of para-hydroxylation sites is 1. The third-order valence-corrected chi connectivity index (χ3v) is 3.32. The molecule has 0 saturated heterocycles. The van der Waals surface area contributed by atoms with Crippen LogP contribution in [0.5, 0.6) is 0 Å². The summed E-state index contributed by atoms with van der Waals surface area (Å²) in [5, 5.41) is 0. The molecule has 0 atom stereocenters. The van der Waals surface area contributed by atoms with E-state index in [9.17, 15) is 4.79 Å². The Morgan fingerprint density at radius 3 is 2.78 bits per heavy atom. The summed E-state index contributed by atoms with van der Waals surface area (Å²) in [6.45, 7) is 2.51. The average Bonchev–Trinajstić information content (AvgIpc) is 2.82. The van der Waals surface area contributed by atoms with Crippen molar-refractivity contribution in [1.82, 2.24) is 4.98 Å². The smallest absolute Gasteiger partial charge is 0.161 e. The maximum absolute atomic E-state index is 11.2. The highest BCUT2D eigenvalue weighted by atomic mass is 16.1. The number of carbonyl (C=O) groups excluding carboxylic acids is 1. The predicted molar refractivity (Wildman–Crippen MR) is 71.4 cm³/mol. The largest absolute Gasteiger partial charge is 0.326 e. The zero-order chi connectivity index (χ0) is 12.5. The van der Waals surface area contributed by atoms with Gasteiger partial charge in [-0.2, -0.15) is 0 Å². The molecule has 0 unspecified atom stereocenters. The topological polar surface area (TPSA) is 33.2 Å². The fourth-order valence-electron chi connectivity index (χ4n) is 2.33. The lowest BCUT2D eigenvalue weighted by molar-refractivity contribution is 0.101. The SMILES string of the molecule is CC(=O)c1ccc(N2CCc3ccccc32)nc1. The van der Waals surface area contributed by atoms with E-state index in [0.29, 0.717) is 5.56 Å². The van der Waals surface area contributed by atoms with Crippen LogP contribution < -0.4 is 4.90 Å². The molecule has 3 rings (SSSR count). The second-order valence-corrected chi connectivity index (χ2v) is 4.49. The first-order valence-corrected chi connectivity index (χ1v) is 6.08. The quantitative estimate of drug-likeness (QED) is 0.754. The summed E-state index contributed by atoms with van der Waals surface area (Å²) in [5.74, 6) is 0.959. The van der Waals surface area contributed by atoms with Crippen LogP contribution in [0.4, 0.5) is 11.5 Å². The first kappa shape index (κ1) is 11.0. The molecule has 1 aliphatic heterocycles. The van der Waals surface area contributed by atoms with Crippen molar-refractivity contribution in [1.29, 1.82) is 0 Å². The Morgan fingerprint density at radius 2 is 2.06 bits per heavy atom. The highest BCUT2D eigenvalue weighted by molar-refractivity contribution is 5.93. The standard InChI is InChI=1S/C15H14N2O/c1-11(18)13-6-7-15(16-10-13)17-9-8-12-4-2-3-5-14(12)17/h2-7,10H,8-9H2,1H3. The van der Waals surface area contributed by atoms with Gasteiger partial charge < -0.3 is 4.90 Å². The van der Waals surface area contributed by atoms with Crippen molar-refractivity contribution in [3.05, 3.63) is 53.7 Å². The molecule has 0 aliphatic carbocycles. The van der Waals surface area contributed by atoms with E-state index < -0.39 is 0 Å². The molecule has 0 bridgehead atoms. The van der Waals surface area contributed by atoms with Crippen LogP contribution in [0.25, 0.3) is 0 Å². The molecule has 1 aliphatic rings. The zero-order valence-electron chi connectivity index (χ0n) is 10.3. The summed E-state index contributed by atoms with van der Waals surface area (Å²) >= 11 is 0. The summed E-state index contributed by atoms with van der Waals surface area (Å²) in [4.78, 5) is 17.8. The number of aromatic nitrogens is 1. The van der Waals surface area contributed by atoms with Crippen LogP contribution in [0, 0.1) is 0 Å². The number of Topliss-reactive ketones (excluding diaryl/α,β-unsaturated/α-hetero) is 1. The van der Waals surface area contributed by atoms with Crippen LogP contribution in [-0.2, 0) is 6.42 Å². The van der Waals surface area contributed by atoms with Crippen LogP contribution in [0.3, 0.4) is 0 Å². The van der Waals surface area contributed by atoms with E-state index in [1.54, 1.807) is 13.1 Å². The molecule has 0 N–H and O–H groups in total. The fourth-order valence-corrected chi connectivity index (χ4v) is 2.33. The van der Waals surface area contributed by atoms with Crippen molar-refractivity contribution >= 4 is 17.3 Å². The number of nitrogens with zero attached hydrogens (tertiary/aromatic N) is 2. The predicted octanol–water partition coefficient (Wildman–Crippen LogP) is 2.98. The van der Waals surface area contributed by atoms with E-state index in [1.807, 2.05) is 18.2 Å². The van der Waals surface area contributed by atoms with Crippen LogP contribution >= 0.6 is 0 Å². The van der Waals surface area contributed by atoms with Crippen molar-refractivity contribution in [3.8, 4) is 0 Å². The minimum absolute atomic E-state index is 0.0517. The minimum atomic E-state index is 0.0517. The van der Waals surface area contributed by atoms with E-state index in [0.717, 1.165) is 18.8 Å². The van der Waals surface area contributed by atoms with Gasteiger partial charge in [-0.1, -0.05) is 18.2 Å². The minimum Gasteiger partial charge on any atom is -0.326 e. The van der Waals surface area contributed by atoms with Gasteiger partial charge in [0.05, 0.1) is 0 Å². The monoisotopic (exact) mass is 238 g/mol. The third-order valence-electron chi connectivity index (χ3n) is 3.32. The van der Waals surface area contributed by atoms with Gasteiger partial charge in [-0.15, -0.1) is 0 Å². The number of hydrogen-bond acceptors (Lipinski definition) is 3.